The summed E-state index contributed by atoms with van der Waals surface area (Å²) < 4.78 is 13.3. The summed E-state index contributed by atoms with van der Waals surface area (Å²) in [7, 11) is 0. The molecule has 4 rings (SSSR count). The van der Waals surface area contributed by atoms with Crippen LogP contribution in [0.15, 0.2) is 72.8 Å². The third-order valence-electron chi connectivity index (χ3n) is 5.61. The highest BCUT2D eigenvalue weighted by Gasteiger charge is 2.38. The summed E-state index contributed by atoms with van der Waals surface area (Å²) in [5.41, 5.74) is 2.75. The molecule has 31 heavy (non-hydrogen) atoms. The van der Waals surface area contributed by atoms with Crippen LogP contribution in [0.2, 0.25) is 5.02 Å². The topological polar surface area (TPSA) is 40.6 Å². The van der Waals surface area contributed by atoms with E-state index in [9.17, 15) is 14.0 Å². The number of anilines is 2. The van der Waals surface area contributed by atoms with Crippen LogP contribution in [0.1, 0.15) is 42.2 Å². The lowest BCUT2D eigenvalue weighted by Crippen LogP contribution is -2.47. The number of rotatable bonds is 3. The van der Waals surface area contributed by atoms with E-state index in [2.05, 4.69) is 0 Å². The first-order valence-electron chi connectivity index (χ1n) is 10.1. The van der Waals surface area contributed by atoms with Crippen molar-refractivity contribution in [3.8, 4) is 0 Å². The van der Waals surface area contributed by atoms with Gasteiger partial charge >= 0.3 is 0 Å². The maximum Gasteiger partial charge on any atom is 0.258 e. The van der Waals surface area contributed by atoms with Gasteiger partial charge in [0.15, 0.2) is 0 Å². The molecule has 0 fully saturated rings. The largest absolute Gasteiger partial charge is 0.305 e. The van der Waals surface area contributed by atoms with Crippen LogP contribution in [0.25, 0.3) is 0 Å². The van der Waals surface area contributed by atoms with Crippen molar-refractivity contribution in [2.24, 2.45) is 0 Å². The van der Waals surface area contributed by atoms with Gasteiger partial charge in [-0.2, -0.15) is 0 Å². The second kappa shape index (κ2) is 8.52. The number of hydrogen-bond acceptors (Lipinski definition) is 2. The van der Waals surface area contributed by atoms with Gasteiger partial charge in [-0.1, -0.05) is 35.9 Å². The summed E-state index contributed by atoms with van der Waals surface area (Å²) in [6, 6.07) is 19.9. The van der Waals surface area contributed by atoms with Gasteiger partial charge < -0.3 is 9.80 Å². The molecule has 3 aromatic rings. The highest BCUT2D eigenvalue weighted by molar-refractivity contribution is 6.30. The highest BCUT2D eigenvalue weighted by Crippen LogP contribution is 2.43. The Bertz CT molecular complexity index is 1130. The van der Waals surface area contributed by atoms with Gasteiger partial charge in [-0.15, -0.1) is 0 Å². The molecule has 4 nitrogen and oxygen atoms in total. The number of carbonyl (C=O) groups is 2. The van der Waals surface area contributed by atoms with Gasteiger partial charge in [0, 0.05) is 34.9 Å². The first-order chi connectivity index (χ1) is 14.9. The van der Waals surface area contributed by atoms with Crippen LogP contribution in [-0.2, 0) is 4.79 Å². The maximum atomic E-state index is 13.3. The Morgan fingerprint density at radius 1 is 1.03 bits per heavy atom. The smallest absolute Gasteiger partial charge is 0.258 e. The number of fused-ring (bicyclic) bond motifs is 1. The lowest BCUT2D eigenvalue weighted by molar-refractivity contribution is -0.117. The predicted molar refractivity (Wildman–Crippen MR) is 121 cm³/mol. The minimum atomic E-state index is -0.387. The molecule has 1 aliphatic heterocycles. The van der Waals surface area contributed by atoms with E-state index in [4.69, 9.17) is 11.6 Å². The van der Waals surface area contributed by atoms with Crippen molar-refractivity contribution >= 4 is 34.8 Å². The minimum absolute atomic E-state index is 0.104. The quantitative estimate of drug-likeness (QED) is 0.504. The molecule has 0 N–H and O–H groups in total. The van der Waals surface area contributed by atoms with Gasteiger partial charge in [0.05, 0.1) is 6.04 Å². The van der Waals surface area contributed by atoms with E-state index in [1.807, 2.05) is 43.3 Å². The Morgan fingerprint density at radius 2 is 1.74 bits per heavy atom. The molecule has 1 aliphatic rings. The molecular weight excluding hydrogens is 415 g/mol. The number of halogens is 2. The minimum Gasteiger partial charge on any atom is -0.305 e. The van der Waals surface area contributed by atoms with E-state index >= 15 is 0 Å². The van der Waals surface area contributed by atoms with Crippen LogP contribution in [0.4, 0.5) is 15.8 Å². The van der Waals surface area contributed by atoms with Crippen molar-refractivity contribution < 1.29 is 14.0 Å². The average Bonchev–Trinajstić information content (AvgIpc) is 2.74. The fourth-order valence-electron chi connectivity index (χ4n) is 4.27. The van der Waals surface area contributed by atoms with Crippen LogP contribution in [0.5, 0.6) is 0 Å². The van der Waals surface area contributed by atoms with Crippen LogP contribution in [-0.4, -0.2) is 17.9 Å². The normalized spacial score (nSPS) is 17.7. The van der Waals surface area contributed by atoms with Gasteiger partial charge in [0.25, 0.3) is 5.91 Å². The second-order valence-corrected chi connectivity index (χ2v) is 8.15. The molecule has 158 valence electrons. The summed E-state index contributed by atoms with van der Waals surface area (Å²) in [5, 5.41) is 0.550. The summed E-state index contributed by atoms with van der Waals surface area (Å²) >= 11 is 6.19. The standard InChI is InChI=1S/C25H22ClFN2O2/c1-16-14-24(29(17(2)30)21-7-5-6-19(26)15-21)22-8-3-4-9-23(22)28(16)25(31)18-10-12-20(27)13-11-18/h3-13,15-16,24H,14H2,1-2H3. The molecule has 0 bridgehead atoms. The average molecular weight is 437 g/mol. The summed E-state index contributed by atoms with van der Waals surface area (Å²) in [5.74, 6) is -0.689. The van der Waals surface area contributed by atoms with Crippen LogP contribution in [0, 0.1) is 5.82 Å². The molecule has 2 unspecified atom stereocenters. The first kappa shape index (κ1) is 21.1. The Hall–Kier alpha value is -3.18. The molecule has 0 aliphatic carbocycles. The maximum absolute atomic E-state index is 13.3. The van der Waals surface area contributed by atoms with Gasteiger partial charge in [0.2, 0.25) is 5.91 Å². The molecule has 0 saturated heterocycles. The molecule has 3 aromatic carbocycles. The SMILES string of the molecule is CC(=O)N(c1cccc(Cl)c1)C1CC(C)N(C(=O)c2ccc(F)cc2)c2ccccc21. The van der Waals surface area contributed by atoms with Crippen molar-refractivity contribution in [1.29, 1.82) is 0 Å². The number of carbonyl (C=O) groups excluding carboxylic acids is 2. The molecule has 2 atom stereocenters. The van der Waals surface area contributed by atoms with E-state index in [0.717, 1.165) is 11.3 Å². The molecule has 2 amide bonds. The Labute approximate surface area is 185 Å². The highest BCUT2D eigenvalue weighted by atomic mass is 35.5. The summed E-state index contributed by atoms with van der Waals surface area (Å²) in [6.45, 7) is 3.49. The van der Waals surface area contributed by atoms with Crippen molar-refractivity contribution in [1.82, 2.24) is 0 Å². The number of nitrogens with zero attached hydrogens (tertiary/aromatic N) is 2. The zero-order chi connectivity index (χ0) is 22.1. The second-order valence-electron chi connectivity index (χ2n) is 7.71. The van der Waals surface area contributed by atoms with Gasteiger partial charge in [-0.25, -0.2) is 4.39 Å². The van der Waals surface area contributed by atoms with E-state index < -0.39 is 0 Å². The van der Waals surface area contributed by atoms with Crippen molar-refractivity contribution in [3.63, 3.8) is 0 Å². The predicted octanol–water partition coefficient (Wildman–Crippen LogP) is 6.01. The van der Waals surface area contributed by atoms with Gasteiger partial charge in [-0.05, 0) is 67.4 Å². The molecular formula is C25H22ClFN2O2. The van der Waals surface area contributed by atoms with Crippen LogP contribution < -0.4 is 9.80 Å². The monoisotopic (exact) mass is 436 g/mol. The summed E-state index contributed by atoms with van der Waals surface area (Å²) in [6.07, 6.45) is 0.552. The molecule has 0 radical (unpaired) electrons. The summed E-state index contributed by atoms with van der Waals surface area (Å²) in [4.78, 5) is 29.5. The van der Waals surface area contributed by atoms with E-state index in [0.29, 0.717) is 22.7 Å². The van der Waals surface area contributed by atoms with Crippen LogP contribution >= 0.6 is 11.6 Å². The lowest BCUT2D eigenvalue weighted by Gasteiger charge is -2.43. The Balaban J connectivity index is 1.78. The zero-order valence-corrected chi connectivity index (χ0v) is 18.0. The lowest BCUT2D eigenvalue weighted by atomic mass is 9.89. The number of hydrogen-bond donors (Lipinski definition) is 0. The van der Waals surface area contributed by atoms with E-state index in [1.54, 1.807) is 21.9 Å². The first-order valence-corrected chi connectivity index (χ1v) is 10.5. The number of amides is 2. The van der Waals surface area contributed by atoms with Gasteiger partial charge in [0.1, 0.15) is 5.82 Å². The fourth-order valence-corrected chi connectivity index (χ4v) is 4.46. The van der Waals surface area contributed by atoms with Crippen molar-refractivity contribution in [3.05, 3.63) is 94.8 Å². The molecule has 6 heteroatoms. The van der Waals surface area contributed by atoms with Crippen molar-refractivity contribution in [2.75, 3.05) is 9.80 Å². The van der Waals surface area contributed by atoms with E-state index in [1.165, 1.54) is 31.2 Å². The van der Waals surface area contributed by atoms with Gasteiger partial charge in [-0.3, -0.25) is 9.59 Å². The zero-order valence-electron chi connectivity index (χ0n) is 17.3. The van der Waals surface area contributed by atoms with Crippen molar-refractivity contribution in [2.45, 2.75) is 32.4 Å². The van der Waals surface area contributed by atoms with E-state index in [-0.39, 0.29) is 29.7 Å². The molecule has 0 saturated carbocycles. The Morgan fingerprint density at radius 3 is 2.42 bits per heavy atom. The van der Waals surface area contributed by atoms with Crippen LogP contribution in [0.3, 0.4) is 0 Å². The number of benzene rings is 3. The fraction of sp³-hybridized carbons (Fsp3) is 0.200. The Kier molecular flexibility index (Phi) is 5.79. The molecule has 1 heterocycles. The molecule has 0 aromatic heterocycles. The third kappa shape index (κ3) is 4.06. The third-order valence-corrected chi connectivity index (χ3v) is 5.84. The molecule has 0 spiro atoms. The number of para-hydroxylation sites is 1.